The monoisotopic (exact) mass is 347 g/mol. The molecule has 0 spiro atoms. The fourth-order valence-electron chi connectivity index (χ4n) is 1.91. The summed E-state index contributed by atoms with van der Waals surface area (Å²) in [7, 11) is -3.64. The zero-order valence-electron chi connectivity index (χ0n) is 13.8. The molecule has 0 saturated carbocycles. The van der Waals surface area contributed by atoms with Gasteiger partial charge in [-0.15, -0.1) is 0 Å². The van der Waals surface area contributed by atoms with Crippen LogP contribution in [0.15, 0.2) is 17.0 Å². The van der Waals surface area contributed by atoms with E-state index < -0.39 is 10.0 Å². The van der Waals surface area contributed by atoms with E-state index in [1.54, 1.807) is 6.07 Å². The third-order valence-corrected chi connectivity index (χ3v) is 5.51. The van der Waals surface area contributed by atoms with E-state index in [9.17, 15) is 8.42 Å². The molecule has 6 heteroatoms. The number of ether oxygens (including phenoxy) is 1. The lowest BCUT2D eigenvalue weighted by Crippen LogP contribution is -2.32. The van der Waals surface area contributed by atoms with Gasteiger partial charge in [-0.1, -0.05) is 38.3 Å². The fourth-order valence-corrected chi connectivity index (χ4v) is 3.61. The molecule has 1 unspecified atom stereocenters. The molecule has 0 heterocycles. The molecule has 0 bridgehead atoms. The fraction of sp³-hybridized carbons (Fsp3) is 0.625. The number of aryl methyl sites for hydroxylation is 1. The zero-order valence-corrected chi connectivity index (χ0v) is 15.4. The van der Waals surface area contributed by atoms with E-state index in [4.69, 9.17) is 16.3 Å². The molecule has 0 amide bonds. The van der Waals surface area contributed by atoms with Crippen LogP contribution < -0.4 is 9.46 Å². The summed E-state index contributed by atoms with van der Waals surface area (Å²) in [5.74, 6) is 0.369. The topological polar surface area (TPSA) is 55.4 Å². The van der Waals surface area contributed by atoms with Crippen LogP contribution >= 0.6 is 11.6 Å². The van der Waals surface area contributed by atoms with Crippen LogP contribution in [0.3, 0.4) is 0 Å². The van der Waals surface area contributed by atoms with E-state index in [1.807, 2.05) is 20.8 Å². The maximum atomic E-state index is 12.5. The summed E-state index contributed by atoms with van der Waals surface area (Å²) in [5.41, 5.74) is 0.801. The number of nitrogens with one attached hydrogen (secondary N) is 1. The van der Waals surface area contributed by atoms with Gasteiger partial charge in [-0.25, -0.2) is 13.1 Å². The molecule has 1 atom stereocenters. The highest BCUT2D eigenvalue weighted by atomic mass is 35.5. The second-order valence-corrected chi connectivity index (χ2v) is 7.62. The van der Waals surface area contributed by atoms with Gasteiger partial charge in [-0.2, -0.15) is 0 Å². The van der Waals surface area contributed by atoms with Gasteiger partial charge in [-0.05, 0) is 44.4 Å². The molecule has 0 aliphatic rings. The first-order chi connectivity index (χ1) is 10.3. The second kappa shape index (κ2) is 8.75. The average Bonchev–Trinajstić information content (AvgIpc) is 2.46. The number of halogens is 1. The molecule has 0 aliphatic heterocycles. The van der Waals surface area contributed by atoms with Crippen LogP contribution in [0.5, 0.6) is 5.75 Å². The average molecular weight is 348 g/mol. The normalized spacial score (nSPS) is 13.1. The lowest BCUT2D eigenvalue weighted by Gasteiger charge is -2.17. The number of hydrogen-bond donors (Lipinski definition) is 1. The molecule has 22 heavy (non-hydrogen) atoms. The van der Waals surface area contributed by atoms with E-state index in [2.05, 4.69) is 11.6 Å². The minimum atomic E-state index is -3.64. The Morgan fingerprint density at radius 3 is 2.55 bits per heavy atom. The number of unbranched alkanes of at least 4 members (excludes halogenated alkanes) is 2. The molecule has 0 aromatic heterocycles. The first kappa shape index (κ1) is 19.3. The number of rotatable bonds is 9. The van der Waals surface area contributed by atoms with Gasteiger partial charge in [0.05, 0.1) is 6.61 Å². The van der Waals surface area contributed by atoms with Gasteiger partial charge in [0.1, 0.15) is 10.6 Å². The van der Waals surface area contributed by atoms with Crippen molar-refractivity contribution in [2.75, 3.05) is 6.61 Å². The van der Waals surface area contributed by atoms with Gasteiger partial charge in [-0.3, -0.25) is 0 Å². The first-order valence-electron chi connectivity index (χ1n) is 7.77. The van der Waals surface area contributed by atoms with Crippen molar-refractivity contribution in [2.45, 2.75) is 64.3 Å². The Morgan fingerprint density at radius 2 is 1.95 bits per heavy atom. The lowest BCUT2D eigenvalue weighted by atomic mass is 10.2. The Labute approximate surface area is 139 Å². The largest absolute Gasteiger partial charge is 0.492 e. The molecule has 1 N–H and O–H groups in total. The Balaban J connectivity index is 3.07. The van der Waals surface area contributed by atoms with Crippen molar-refractivity contribution in [3.63, 3.8) is 0 Å². The maximum Gasteiger partial charge on any atom is 0.244 e. The van der Waals surface area contributed by atoms with E-state index >= 15 is 0 Å². The maximum absolute atomic E-state index is 12.5. The highest BCUT2D eigenvalue weighted by Gasteiger charge is 2.23. The van der Waals surface area contributed by atoms with Crippen molar-refractivity contribution in [1.82, 2.24) is 4.72 Å². The predicted octanol–water partition coefficient (Wildman–Crippen LogP) is 4.29. The molecular weight excluding hydrogens is 322 g/mol. The van der Waals surface area contributed by atoms with Crippen molar-refractivity contribution in [2.24, 2.45) is 0 Å². The highest BCUT2D eigenvalue weighted by Crippen LogP contribution is 2.30. The SMILES string of the molecule is CCCCCOc1cc(C)c(Cl)cc1S(=O)(=O)NC(C)CC. The Morgan fingerprint density at radius 1 is 1.27 bits per heavy atom. The van der Waals surface area contributed by atoms with E-state index in [0.717, 1.165) is 24.8 Å². The number of sulfonamides is 1. The summed E-state index contributed by atoms with van der Waals surface area (Å²) >= 11 is 6.10. The van der Waals surface area contributed by atoms with E-state index in [-0.39, 0.29) is 10.9 Å². The molecular formula is C16H26ClNO3S. The van der Waals surface area contributed by atoms with Crippen molar-refractivity contribution < 1.29 is 13.2 Å². The van der Waals surface area contributed by atoms with Crippen LogP contribution in [0.2, 0.25) is 5.02 Å². The first-order valence-corrected chi connectivity index (χ1v) is 9.63. The summed E-state index contributed by atoms with van der Waals surface area (Å²) in [6, 6.07) is 3.02. The van der Waals surface area contributed by atoms with Gasteiger partial charge < -0.3 is 4.74 Å². The number of hydrogen-bond acceptors (Lipinski definition) is 3. The molecule has 0 aliphatic carbocycles. The quantitative estimate of drug-likeness (QED) is 0.678. The van der Waals surface area contributed by atoms with Crippen LogP contribution in [-0.4, -0.2) is 21.1 Å². The zero-order chi connectivity index (χ0) is 16.8. The highest BCUT2D eigenvalue weighted by molar-refractivity contribution is 7.89. The van der Waals surface area contributed by atoms with E-state index in [0.29, 0.717) is 23.8 Å². The van der Waals surface area contributed by atoms with Gasteiger partial charge in [0.25, 0.3) is 0 Å². The predicted molar refractivity (Wildman–Crippen MR) is 91.3 cm³/mol. The molecule has 1 rings (SSSR count). The molecule has 1 aromatic carbocycles. The second-order valence-electron chi connectivity index (χ2n) is 5.53. The Kier molecular flexibility index (Phi) is 7.66. The van der Waals surface area contributed by atoms with Crippen molar-refractivity contribution in [3.05, 3.63) is 22.7 Å². The summed E-state index contributed by atoms with van der Waals surface area (Å²) < 4.78 is 33.4. The van der Waals surface area contributed by atoms with Crippen LogP contribution in [0.25, 0.3) is 0 Å². The van der Waals surface area contributed by atoms with Crippen LogP contribution in [-0.2, 0) is 10.0 Å². The molecule has 0 fully saturated rings. The Hall–Kier alpha value is -0.780. The van der Waals surface area contributed by atoms with Crippen LogP contribution in [0.4, 0.5) is 0 Å². The van der Waals surface area contributed by atoms with Gasteiger partial charge in [0.2, 0.25) is 10.0 Å². The molecule has 4 nitrogen and oxygen atoms in total. The van der Waals surface area contributed by atoms with Gasteiger partial charge in [0, 0.05) is 11.1 Å². The summed E-state index contributed by atoms with van der Waals surface area (Å²) in [6.45, 7) is 8.20. The van der Waals surface area contributed by atoms with Gasteiger partial charge in [0.15, 0.2) is 0 Å². The Bertz CT molecular complexity index is 587. The van der Waals surface area contributed by atoms with E-state index in [1.165, 1.54) is 6.07 Å². The third kappa shape index (κ3) is 5.45. The third-order valence-electron chi connectivity index (χ3n) is 3.49. The molecule has 126 valence electrons. The van der Waals surface area contributed by atoms with Crippen molar-refractivity contribution >= 4 is 21.6 Å². The number of benzene rings is 1. The van der Waals surface area contributed by atoms with Crippen molar-refractivity contribution in [1.29, 1.82) is 0 Å². The standard InChI is InChI=1S/C16H26ClNO3S/c1-5-7-8-9-21-15-10-12(3)14(17)11-16(15)22(19,20)18-13(4)6-2/h10-11,13,18H,5-9H2,1-4H3. The molecule has 0 radical (unpaired) electrons. The minimum absolute atomic E-state index is 0.111. The van der Waals surface area contributed by atoms with Crippen LogP contribution in [0, 0.1) is 6.92 Å². The smallest absolute Gasteiger partial charge is 0.244 e. The van der Waals surface area contributed by atoms with Gasteiger partial charge >= 0.3 is 0 Å². The molecule has 0 saturated heterocycles. The summed E-state index contributed by atoms with van der Waals surface area (Å²) in [6.07, 6.45) is 3.76. The summed E-state index contributed by atoms with van der Waals surface area (Å²) in [5, 5.41) is 0.422. The summed E-state index contributed by atoms with van der Waals surface area (Å²) in [4.78, 5) is 0.111. The minimum Gasteiger partial charge on any atom is -0.492 e. The lowest BCUT2D eigenvalue weighted by molar-refractivity contribution is 0.298. The molecule has 1 aromatic rings. The van der Waals surface area contributed by atoms with Crippen LogP contribution in [0.1, 0.15) is 52.0 Å². The van der Waals surface area contributed by atoms with Crippen molar-refractivity contribution in [3.8, 4) is 5.75 Å².